The molecule has 0 radical (unpaired) electrons. The summed E-state index contributed by atoms with van der Waals surface area (Å²) in [7, 11) is 0. The van der Waals surface area contributed by atoms with Gasteiger partial charge >= 0.3 is 0 Å². The fourth-order valence-corrected chi connectivity index (χ4v) is 3.23. The highest BCUT2D eigenvalue weighted by Gasteiger charge is 2.08. The Bertz CT molecular complexity index is 345. The first-order valence-electron chi connectivity index (χ1n) is 9.81. The summed E-state index contributed by atoms with van der Waals surface area (Å²) in [6, 6.07) is 0. The molecule has 0 amide bonds. The van der Waals surface area contributed by atoms with Gasteiger partial charge in [0, 0.05) is 0 Å². The first-order chi connectivity index (χ1) is 10.8. The summed E-state index contributed by atoms with van der Waals surface area (Å²) in [5, 5.41) is 0. The van der Waals surface area contributed by atoms with Crippen LogP contribution in [-0.4, -0.2) is 0 Å². The molecule has 1 unspecified atom stereocenters. The SMILES string of the molecule is C=C(CCCCCCCCCCC)CCC1C=CC(CC)=C1. The van der Waals surface area contributed by atoms with Crippen molar-refractivity contribution in [1.82, 2.24) is 0 Å². The molecule has 0 N–H and O–H groups in total. The van der Waals surface area contributed by atoms with Gasteiger partial charge in [-0.15, -0.1) is 0 Å². The molecule has 1 atom stereocenters. The number of hydrogen-bond acceptors (Lipinski definition) is 0. The zero-order valence-corrected chi connectivity index (χ0v) is 15.2. The van der Waals surface area contributed by atoms with E-state index < -0.39 is 0 Å². The van der Waals surface area contributed by atoms with Crippen molar-refractivity contribution in [2.24, 2.45) is 5.92 Å². The highest BCUT2D eigenvalue weighted by atomic mass is 14.1. The highest BCUT2D eigenvalue weighted by Crippen LogP contribution is 2.25. The summed E-state index contributed by atoms with van der Waals surface area (Å²) in [6.07, 6.45) is 24.7. The van der Waals surface area contributed by atoms with Crippen LogP contribution in [-0.2, 0) is 0 Å². The molecule has 0 fully saturated rings. The van der Waals surface area contributed by atoms with Crippen molar-refractivity contribution in [2.75, 3.05) is 0 Å². The molecule has 22 heavy (non-hydrogen) atoms. The molecular weight excluding hydrogens is 264 g/mol. The summed E-state index contributed by atoms with van der Waals surface area (Å²) < 4.78 is 0. The third kappa shape index (κ3) is 9.28. The van der Waals surface area contributed by atoms with Crippen molar-refractivity contribution >= 4 is 0 Å². The lowest BCUT2D eigenvalue weighted by molar-refractivity contribution is 0.561. The molecule has 0 spiro atoms. The Labute approximate surface area is 139 Å². The molecule has 126 valence electrons. The molecule has 1 aliphatic carbocycles. The van der Waals surface area contributed by atoms with Crippen LogP contribution < -0.4 is 0 Å². The Kier molecular flexibility index (Phi) is 11.2. The molecule has 0 aromatic heterocycles. The van der Waals surface area contributed by atoms with Crippen molar-refractivity contribution in [3.8, 4) is 0 Å². The van der Waals surface area contributed by atoms with Gasteiger partial charge in [-0.3, -0.25) is 0 Å². The fraction of sp³-hybridized carbons (Fsp3) is 0.727. The van der Waals surface area contributed by atoms with E-state index in [-0.39, 0.29) is 0 Å². The van der Waals surface area contributed by atoms with Crippen LogP contribution in [0.4, 0.5) is 0 Å². The van der Waals surface area contributed by atoms with Gasteiger partial charge in [0.2, 0.25) is 0 Å². The van der Waals surface area contributed by atoms with Gasteiger partial charge in [-0.2, -0.15) is 0 Å². The summed E-state index contributed by atoms with van der Waals surface area (Å²) in [6.45, 7) is 8.80. The monoisotopic (exact) mass is 302 g/mol. The minimum atomic E-state index is 0.676. The average molecular weight is 303 g/mol. The van der Waals surface area contributed by atoms with Crippen molar-refractivity contribution in [3.63, 3.8) is 0 Å². The zero-order chi connectivity index (χ0) is 16.0. The lowest BCUT2D eigenvalue weighted by Crippen LogP contribution is -1.92. The van der Waals surface area contributed by atoms with Crippen molar-refractivity contribution < 1.29 is 0 Å². The van der Waals surface area contributed by atoms with E-state index in [0.717, 1.165) is 0 Å². The predicted octanol–water partition coefficient (Wildman–Crippen LogP) is 7.77. The maximum Gasteiger partial charge on any atom is -0.00414 e. The van der Waals surface area contributed by atoms with E-state index in [2.05, 4.69) is 38.7 Å². The maximum atomic E-state index is 4.28. The molecule has 0 saturated carbocycles. The van der Waals surface area contributed by atoms with Crippen LogP contribution in [0.3, 0.4) is 0 Å². The van der Waals surface area contributed by atoms with Crippen molar-refractivity contribution in [3.05, 3.63) is 36.0 Å². The molecule has 0 aliphatic heterocycles. The van der Waals surface area contributed by atoms with E-state index in [9.17, 15) is 0 Å². The van der Waals surface area contributed by atoms with E-state index >= 15 is 0 Å². The van der Waals surface area contributed by atoms with E-state index in [0.29, 0.717) is 5.92 Å². The minimum Gasteiger partial charge on any atom is -0.0999 e. The van der Waals surface area contributed by atoms with Gasteiger partial charge in [0.05, 0.1) is 0 Å². The van der Waals surface area contributed by atoms with Gasteiger partial charge in [-0.25, -0.2) is 0 Å². The van der Waals surface area contributed by atoms with Crippen molar-refractivity contribution in [2.45, 2.75) is 97.3 Å². The van der Waals surface area contributed by atoms with Gasteiger partial charge in [0.1, 0.15) is 0 Å². The number of rotatable bonds is 14. The fourth-order valence-electron chi connectivity index (χ4n) is 3.23. The second-order valence-corrected chi connectivity index (χ2v) is 6.99. The number of allylic oxidation sites excluding steroid dienone is 5. The van der Waals surface area contributed by atoms with Gasteiger partial charge in [0.15, 0.2) is 0 Å². The zero-order valence-electron chi connectivity index (χ0n) is 15.2. The summed E-state index contributed by atoms with van der Waals surface area (Å²) in [5.41, 5.74) is 2.98. The van der Waals surface area contributed by atoms with Crippen LogP contribution in [0.2, 0.25) is 0 Å². The highest BCUT2D eigenvalue weighted by molar-refractivity contribution is 5.28. The van der Waals surface area contributed by atoms with Gasteiger partial charge in [0.25, 0.3) is 0 Å². The van der Waals surface area contributed by atoms with E-state index in [1.807, 2.05) is 0 Å². The molecule has 0 heterocycles. The summed E-state index contributed by atoms with van der Waals surface area (Å²) in [4.78, 5) is 0. The summed E-state index contributed by atoms with van der Waals surface area (Å²) >= 11 is 0. The van der Waals surface area contributed by atoms with Crippen LogP contribution in [0, 0.1) is 5.92 Å². The van der Waals surface area contributed by atoms with Crippen LogP contribution in [0.15, 0.2) is 36.0 Å². The van der Waals surface area contributed by atoms with Crippen LogP contribution in [0.1, 0.15) is 97.3 Å². The maximum absolute atomic E-state index is 4.28. The average Bonchev–Trinajstić information content (AvgIpc) is 2.99. The largest absolute Gasteiger partial charge is 0.0999 e. The van der Waals surface area contributed by atoms with Crippen LogP contribution in [0.25, 0.3) is 0 Å². The molecule has 0 aromatic carbocycles. The second-order valence-electron chi connectivity index (χ2n) is 6.99. The smallest absolute Gasteiger partial charge is 0.00414 e. The predicted molar refractivity (Wildman–Crippen MR) is 101 cm³/mol. The van der Waals surface area contributed by atoms with Gasteiger partial charge in [-0.05, 0) is 38.0 Å². The molecule has 0 saturated heterocycles. The third-order valence-electron chi connectivity index (χ3n) is 4.86. The molecule has 0 nitrogen and oxygen atoms in total. The first kappa shape index (κ1) is 19.3. The van der Waals surface area contributed by atoms with Crippen molar-refractivity contribution in [1.29, 1.82) is 0 Å². The van der Waals surface area contributed by atoms with Gasteiger partial charge < -0.3 is 0 Å². The molecular formula is C22H38. The lowest BCUT2D eigenvalue weighted by atomic mass is 9.97. The normalized spacial score (nSPS) is 17.0. The Hall–Kier alpha value is -0.780. The minimum absolute atomic E-state index is 0.676. The second kappa shape index (κ2) is 12.7. The van der Waals surface area contributed by atoms with Crippen LogP contribution in [0.5, 0.6) is 0 Å². The molecule has 0 aromatic rings. The third-order valence-corrected chi connectivity index (χ3v) is 4.86. The van der Waals surface area contributed by atoms with E-state index in [4.69, 9.17) is 0 Å². The number of unbranched alkanes of at least 4 members (excludes halogenated alkanes) is 8. The Balaban J connectivity index is 1.90. The quantitative estimate of drug-likeness (QED) is 0.227. The Morgan fingerprint density at radius 3 is 2.14 bits per heavy atom. The van der Waals surface area contributed by atoms with Gasteiger partial charge in [-0.1, -0.05) is 101 Å². The lowest BCUT2D eigenvalue weighted by Gasteiger charge is -2.08. The standard InChI is InChI=1S/C22H38/c1-4-6-7-8-9-10-11-12-13-14-20(3)15-16-22-18-17-21(5-2)19-22/h17-19,22H,3-16H2,1-2H3. The topological polar surface area (TPSA) is 0 Å². The van der Waals surface area contributed by atoms with E-state index in [1.54, 1.807) is 0 Å². The Morgan fingerprint density at radius 2 is 1.55 bits per heavy atom. The molecule has 0 bridgehead atoms. The summed E-state index contributed by atoms with van der Waals surface area (Å²) in [5.74, 6) is 0.676. The van der Waals surface area contributed by atoms with E-state index in [1.165, 1.54) is 94.6 Å². The molecule has 1 aliphatic rings. The first-order valence-corrected chi connectivity index (χ1v) is 9.81. The molecule has 1 rings (SSSR count). The Morgan fingerprint density at radius 1 is 0.909 bits per heavy atom. The van der Waals surface area contributed by atoms with Crippen LogP contribution >= 0.6 is 0 Å². The molecule has 0 heteroatoms. The number of hydrogen-bond donors (Lipinski definition) is 0.